The third-order valence-electron chi connectivity index (χ3n) is 6.96. The molecule has 8 nitrogen and oxygen atoms in total. The Labute approximate surface area is 236 Å². The minimum absolute atomic E-state index is 0.0154. The second-order valence-electron chi connectivity index (χ2n) is 9.46. The van der Waals surface area contributed by atoms with Crippen molar-refractivity contribution in [3.8, 4) is 28.5 Å². The summed E-state index contributed by atoms with van der Waals surface area (Å²) in [5.41, 5.74) is 5.08. The minimum atomic E-state index is -1.12. The van der Waals surface area contributed by atoms with Gasteiger partial charge in [-0.2, -0.15) is 0 Å². The molecule has 0 saturated heterocycles. The number of urea groups is 1. The van der Waals surface area contributed by atoms with Gasteiger partial charge in [0, 0.05) is 11.8 Å². The standard InChI is InChI=1S/C31H28ClN3O5/c1-18-23(20-14-15-26(39-2)22(16-20)30(36)37)17-33-29(40-27-13-7-9-19-8-3-4-10-21(19)27)28(18)35-31(38)34-25-12-6-5-11-24(25)32/h5-7,9,11-17H,3-4,8,10H2,1-2H3,(H,36,37)(H2,34,35,38). The summed E-state index contributed by atoms with van der Waals surface area (Å²) in [5.74, 6) is 0.0502. The van der Waals surface area contributed by atoms with Gasteiger partial charge in [-0.05, 0) is 85.2 Å². The van der Waals surface area contributed by atoms with Crippen LogP contribution in [0.15, 0.2) is 66.9 Å². The Bertz CT molecular complexity index is 1600. The van der Waals surface area contributed by atoms with Crippen LogP contribution >= 0.6 is 11.6 Å². The van der Waals surface area contributed by atoms with Crippen molar-refractivity contribution in [2.75, 3.05) is 17.7 Å². The fourth-order valence-corrected chi connectivity index (χ4v) is 5.10. The Balaban J connectivity index is 1.57. The van der Waals surface area contributed by atoms with Crippen molar-refractivity contribution in [1.82, 2.24) is 4.98 Å². The number of hydrogen-bond acceptors (Lipinski definition) is 5. The molecule has 1 aromatic heterocycles. The summed E-state index contributed by atoms with van der Waals surface area (Å²) in [6.07, 6.45) is 5.73. The molecule has 0 spiro atoms. The highest BCUT2D eigenvalue weighted by Crippen LogP contribution is 2.39. The van der Waals surface area contributed by atoms with Crippen LogP contribution in [0.2, 0.25) is 5.02 Å². The number of nitrogens with zero attached hydrogens (tertiary/aromatic N) is 1. The lowest BCUT2D eigenvalue weighted by Gasteiger charge is -2.21. The summed E-state index contributed by atoms with van der Waals surface area (Å²) in [7, 11) is 1.42. The van der Waals surface area contributed by atoms with E-state index in [1.165, 1.54) is 18.7 Å². The SMILES string of the molecule is COc1ccc(-c2cnc(Oc3cccc4c3CCCC4)c(NC(=O)Nc3ccccc3Cl)c2C)cc1C(=O)O. The van der Waals surface area contributed by atoms with Gasteiger partial charge in [0.25, 0.3) is 0 Å². The Kier molecular flexibility index (Phi) is 7.89. The average Bonchev–Trinajstić information content (AvgIpc) is 2.96. The molecule has 9 heteroatoms. The van der Waals surface area contributed by atoms with Gasteiger partial charge in [-0.15, -0.1) is 0 Å². The molecule has 0 unspecified atom stereocenters. The number of para-hydroxylation sites is 1. The topological polar surface area (TPSA) is 110 Å². The number of carboxylic acids is 1. The Morgan fingerprint density at radius 2 is 1.77 bits per heavy atom. The van der Waals surface area contributed by atoms with E-state index in [1.807, 2.05) is 19.1 Å². The number of carbonyl (C=O) groups excluding carboxylic acids is 1. The summed E-state index contributed by atoms with van der Waals surface area (Å²) in [4.78, 5) is 29.6. The number of benzene rings is 3. The maximum Gasteiger partial charge on any atom is 0.339 e. The molecular formula is C31H28ClN3O5. The largest absolute Gasteiger partial charge is 0.496 e. The zero-order chi connectivity index (χ0) is 28.2. The van der Waals surface area contributed by atoms with Crippen LogP contribution in [0.5, 0.6) is 17.4 Å². The number of carbonyl (C=O) groups is 2. The van der Waals surface area contributed by atoms with Crippen molar-refractivity contribution in [1.29, 1.82) is 0 Å². The van der Waals surface area contributed by atoms with E-state index in [4.69, 9.17) is 21.1 Å². The van der Waals surface area contributed by atoms with Crippen molar-refractivity contribution in [2.45, 2.75) is 32.6 Å². The Morgan fingerprint density at radius 3 is 2.55 bits per heavy atom. The van der Waals surface area contributed by atoms with Crippen LogP contribution in [0, 0.1) is 6.92 Å². The number of fused-ring (bicyclic) bond motifs is 1. The van der Waals surface area contributed by atoms with E-state index in [1.54, 1.807) is 42.6 Å². The second kappa shape index (κ2) is 11.7. The van der Waals surface area contributed by atoms with Crippen molar-refractivity contribution < 1.29 is 24.2 Å². The first-order valence-corrected chi connectivity index (χ1v) is 13.3. The number of hydrogen-bond donors (Lipinski definition) is 3. The number of halogens is 1. The molecule has 2 amide bonds. The molecule has 0 radical (unpaired) electrons. The number of amides is 2. The van der Waals surface area contributed by atoms with E-state index in [0.717, 1.165) is 31.2 Å². The smallest absolute Gasteiger partial charge is 0.339 e. The van der Waals surface area contributed by atoms with E-state index in [2.05, 4.69) is 21.7 Å². The number of pyridine rings is 1. The highest BCUT2D eigenvalue weighted by molar-refractivity contribution is 6.33. The van der Waals surface area contributed by atoms with Crippen LogP contribution in [-0.2, 0) is 12.8 Å². The number of ether oxygens (including phenoxy) is 2. The van der Waals surface area contributed by atoms with Gasteiger partial charge >= 0.3 is 12.0 Å². The molecule has 1 aliphatic rings. The highest BCUT2D eigenvalue weighted by Gasteiger charge is 2.22. The maximum atomic E-state index is 13.1. The predicted octanol–water partition coefficient (Wildman–Crippen LogP) is 7.73. The quantitative estimate of drug-likeness (QED) is 0.214. The van der Waals surface area contributed by atoms with Gasteiger partial charge in [0.05, 0.1) is 17.8 Å². The van der Waals surface area contributed by atoms with Crippen molar-refractivity contribution in [3.05, 3.63) is 94.1 Å². The molecule has 204 valence electrons. The number of nitrogens with one attached hydrogen (secondary N) is 2. The molecule has 1 heterocycles. The van der Waals surface area contributed by atoms with E-state index in [-0.39, 0.29) is 17.2 Å². The fraction of sp³-hybridized carbons (Fsp3) is 0.194. The lowest BCUT2D eigenvalue weighted by Crippen LogP contribution is -2.21. The predicted molar refractivity (Wildman–Crippen MR) is 155 cm³/mol. The number of aryl methyl sites for hydroxylation is 1. The molecule has 0 aliphatic heterocycles. The molecule has 3 aromatic carbocycles. The summed E-state index contributed by atoms with van der Waals surface area (Å²) in [6, 6.07) is 17.2. The van der Waals surface area contributed by atoms with Crippen LogP contribution < -0.4 is 20.1 Å². The molecule has 5 rings (SSSR count). The third kappa shape index (κ3) is 5.58. The van der Waals surface area contributed by atoms with Gasteiger partial charge in [-0.3, -0.25) is 0 Å². The Hall–Kier alpha value is -4.56. The summed E-state index contributed by atoms with van der Waals surface area (Å²) < 4.78 is 11.6. The monoisotopic (exact) mass is 557 g/mol. The number of methoxy groups -OCH3 is 1. The van der Waals surface area contributed by atoms with Crippen LogP contribution in [-0.4, -0.2) is 29.2 Å². The molecule has 0 atom stereocenters. The van der Waals surface area contributed by atoms with Gasteiger partial charge in [-0.25, -0.2) is 14.6 Å². The lowest BCUT2D eigenvalue weighted by molar-refractivity contribution is 0.0693. The number of carboxylic acid groups (broad SMARTS) is 1. The molecule has 1 aliphatic carbocycles. The van der Waals surface area contributed by atoms with Gasteiger partial charge < -0.3 is 25.2 Å². The van der Waals surface area contributed by atoms with Gasteiger partial charge in [-0.1, -0.05) is 41.9 Å². The van der Waals surface area contributed by atoms with Crippen molar-refractivity contribution in [2.24, 2.45) is 0 Å². The summed E-state index contributed by atoms with van der Waals surface area (Å²) in [6.45, 7) is 1.82. The zero-order valence-corrected chi connectivity index (χ0v) is 22.8. The van der Waals surface area contributed by atoms with Crippen LogP contribution in [0.1, 0.15) is 39.9 Å². The molecule has 0 fully saturated rings. The second-order valence-corrected chi connectivity index (χ2v) is 9.87. The zero-order valence-electron chi connectivity index (χ0n) is 22.1. The number of aromatic nitrogens is 1. The normalized spacial score (nSPS) is 12.3. The third-order valence-corrected chi connectivity index (χ3v) is 7.29. The van der Waals surface area contributed by atoms with Crippen molar-refractivity contribution >= 4 is 35.0 Å². The fourth-order valence-electron chi connectivity index (χ4n) is 4.91. The molecular weight excluding hydrogens is 530 g/mol. The van der Waals surface area contributed by atoms with Crippen molar-refractivity contribution in [3.63, 3.8) is 0 Å². The van der Waals surface area contributed by atoms with E-state index in [9.17, 15) is 14.7 Å². The summed E-state index contributed by atoms with van der Waals surface area (Å²) >= 11 is 6.24. The molecule has 40 heavy (non-hydrogen) atoms. The first kappa shape index (κ1) is 27.0. The van der Waals surface area contributed by atoms with Gasteiger partial charge in [0.1, 0.15) is 22.7 Å². The van der Waals surface area contributed by atoms with Gasteiger partial charge in [0.2, 0.25) is 5.88 Å². The first-order valence-electron chi connectivity index (χ1n) is 12.9. The number of anilines is 2. The van der Waals surface area contributed by atoms with E-state index in [0.29, 0.717) is 38.8 Å². The van der Waals surface area contributed by atoms with E-state index < -0.39 is 12.0 Å². The van der Waals surface area contributed by atoms with Gasteiger partial charge in [0.15, 0.2) is 0 Å². The average molecular weight is 558 g/mol. The summed E-state index contributed by atoms with van der Waals surface area (Å²) in [5, 5.41) is 15.7. The number of rotatable bonds is 7. The molecule has 0 bridgehead atoms. The van der Waals surface area contributed by atoms with E-state index >= 15 is 0 Å². The van der Waals surface area contributed by atoms with Crippen LogP contribution in [0.3, 0.4) is 0 Å². The lowest BCUT2D eigenvalue weighted by atomic mass is 9.91. The maximum absolute atomic E-state index is 13.1. The van der Waals surface area contributed by atoms with Crippen LogP contribution in [0.4, 0.5) is 16.2 Å². The first-order chi connectivity index (χ1) is 19.4. The minimum Gasteiger partial charge on any atom is -0.496 e. The van der Waals surface area contributed by atoms with Crippen LogP contribution in [0.25, 0.3) is 11.1 Å². The Morgan fingerprint density at radius 1 is 0.975 bits per heavy atom. The number of aromatic carboxylic acids is 1. The highest BCUT2D eigenvalue weighted by atomic mass is 35.5. The molecule has 4 aromatic rings. The molecule has 0 saturated carbocycles. The molecule has 3 N–H and O–H groups in total.